The predicted octanol–water partition coefficient (Wildman–Crippen LogP) is 5.63. The number of halogens is 1. The monoisotopic (exact) mass is 569 g/mol. The summed E-state index contributed by atoms with van der Waals surface area (Å²) in [6.07, 6.45) is 6.46. The van der Waals surface area contributed by atoms with Gasteiger partial charge < -0.3 is 19.7 Å². The Hall–Kier alpha value is -2.16. The molecular formula is C28H32BrN3O3S. The first-order chi connectivity index (χ1) is 17.6. The Labute approximate surface area is 226 Å². The Morgan fingerprint density at radius 3 is 2.61 bits per heavy atom. The molecule has 3 heterocycles. The number of amides is 1. The van der Waals surface area contributed by atoms with Crippen LogP contribution in [0.4, 0.5) is 5.69 Å². The number of anilines is 1. The Kier molecular flexibility index (Phi) is 6.69. The van der Waals surface area contributed by atoms with Crippen LogP contribution in [0.15, 0.2) is 46.9 Å². The number of hydrogen-bond acceptors (Lipinski definition) is 5. The highest BCUT2D eigenvalue weighted by atomic mass is 79.9. The van der Waals surface area contributed by atoms with Crippen molar-refractivity contribution in [2.75, 3.05) is 25.6 Å². The van der Waals surface area contributed by atoms with Gasteiger partial charge in [-0.3, -0.25) is 9.69 Å². The van der Waals surface area contributed by atoms with E-state index in [1.54, 1.807) is 7.11 Å². The van der Waals surface area contributed by atoms with Crippen molar-refractivity contribution in [2.45, 2.75) is 68.6 Å². The van der Waals surface area contributed by atoms with Crippen molar-refractivity contribution >= 4 is 44.9 Å². The van der Waals surface area contributed by atoms with Gasteiger partial charge in [0.15, 0.2) is 5.11 Å². The van der Waals surface area contributed by atoms with E-state index in [1.165, 1.54) is 24.8 Å². The van der Waals surface area contributed by atoms with Gasteiger partial charge in [0.25, 0.3) is 5.91 Å². The van der Waals surface area contributed by atoms with Crippen LogP contribution in [0.3, 0.4) is 0 Å². The van der Waals surface area contributed by atoms with Crippen LogP contribution in [-0.2, 0) is 9.53 Å². The molecule has 3 fully saturated rings. The third-order valence-corrected chi connectivity index (χ3v) is 9.19. The fraction of sp³-hybridized carbons (Fsp3) is 0.500. The lowest BCUT2D eigenvalue weighted by Gasteiger charge is -2.44. The third kappa shape index (κ3) is 4.11. The lowest BCUT2D eigenvalue weighted by atomic mass is 9.78. The van der Waals surface area contributed by atoms with E-state index in [1.807, 2.05) is 17.0 Å². The molecule has 4 aliphatic rings. The van der Waals surface area contributed by atoms with Crippen molar-refractivity contribution in [3.05, 3.63) is 58.1 Å². The molecule has 8 heteroatoms. The van der Waals surface area contributed by atoms with Gasteiger partial charge >= 0.3 is 0 Å². The number of hydrogen-bond donors (Lipinski definition) is 1. The zero-order valence-electron chi connectivity index (χ0n) is 20.5. The molecular weight excluding hydrogens is 538 g/mol. The van der Waals surface area contributed by atoms with Crippen molar-refractivity contribution < 1.29 is 14.3 Å². The quantitative estimate of drug-likeness (QED) is 0.359. The number of piperidine rings is 1. The van der Waals surface area contributed by atoms with E-state index in [0.29, 0.717) is 18.3 Å². The SMILES string of the molecule is COCCOc1ccc(C2C3Nc4ccc(Br)cc4C3CC3C(=O)N(C4CCCCC4)C(=S)N32)cc1. The van der Waals surface area contributed by atoms with Crippen LogP contribution in [0.5, 0.6) is 5.75 Å². The van der Waals surface area contributed by atoms with Crippen LogP contribution >= 0.6 is 28.1 Å². The zero-order chi connectivity index (χ0) is 24.8. The number of methoxy groups -OCH3 is 1. The van der Waals surface area contributed by atoms with Gasteiger partial charge in [-0.05, 0) is 72.9 Å². The Morgan fingerprint density at radius 2 is 1.86 bits per heavy atom. The summed E-state index contributed by atoms with van der Waals surface area (Å²) in [4.78, 5) is 18.2. The molecule has 1 saturated carbocycles. The van der Waals surface area contributed by atoms with Crippen LogP contribution in [0.2, 0.25) is 0 Å². The molecule has 190 valence electrons. The van der Waals surface area contributed by atoms with E-state index in [4.69, 9.17) is 21.7 Å². The highest BCUT2D eigenvalue weighted by molar-refractivity contribution is 9.10. The second-order valence-corrected chi connectivity index (χ2v) is 11.6. The number of fused-ring (bicyclic) bond motifs is 4. The number of nitrogens with one attached hydrogen (secondary N) is 1. The molecule has 3 aliphatic heterocycles. The number of carbonyl (C=O) groups is 1. The summed E-state index contributed by atoms with van der Waals surface area (Å²) in [6.45, 7) is 1.06. The van der Waals surface area contributed by atoms with Crippen molar-refractivity contribution in [1.29, 1.82) is 0 Å². The second kappa shape index (κ2) is 9.95. The molecule has 4 unspecified atom stereocenters. The first-order valence-electron chi connectivity index (χ1n) is 13.0. The Balaban J connectivity index is 1.37. The standard InChI is InChI=1S/C28H32BrN3O3S/c1-34-13-14-35-20-10-7-17(8-11-20)26-25-22(21-15-18(29)9-12-23(21)30-25)16-24-27(33)31(28(36)32(24)26)19-5-3-2-4-6-19/h7-12,15,19,22,24-26,30H,2-6,13-14,16H2,1H3. The van der Waals surface area contributed by atoms with E-state index < -0.39 is 0 Å². The molecule has 1 amide bonds. The average Bonchev–Trinajstić information content (AvgIpc) is 3.38. The molecule has 2 saturated heterocycles. The first kappa shape index (κ1) is 24.2. The third-order valence-electron chi connectivity index (χ3n) is 8.29. The molecule has 0 spiro atoms. The molecule has 6 nitrogen and oxygen atoms in total. The first-order valence-corrected chi connectivity index (χ1v) is 14.2. The summed E-state index contributed by atoms with van der Waals surface area (Å²) in [5.41, 5.74) is 3.59. The maximum atomic E-state index is 13.9. The Bertz CT molecular complexity index is 1150. The van der Waals surface area contributed by atoms with Gasteiger partial charge in [0.05, 0.1) is 18.7 Å². The van der Waals surface area contributed by atoms with E-state index in [9.17, 15) is 4.79 Å². The zero-order valence-corrected chi connectivity index (χ0v) is 22.9. The minimum atomic E-state index is -0.227. The normalized spacial score (nSPS) is 27.5. The van der Waals surface area contributed by atoms with E-state index in [-0.39, 0.29) is 36.0 Å². The largest absolute Gasteiger partial charge is 0.491 e. The minimum absolute atomic E-state index is 0.0435. The van der Waals surface area contributed by atoms with Gasteiger partial charge in [0.1, 0.15) is 18.4 Å². The van der Waals surface area contributed by atoms with Crippen LogP contribution in [-0.4, -0.2) is 59.3 Å². The van der Waals surface area contributed by atoms with Crippen LogP contribution in [0, 0.1) is 0 Å². The summed E-state index contributed by atoms with van der Waals surface area (Å²) in [7, 11) is 1.67. The fourth-order valence-electron chi connectivity index (χ4n) is 6.64. The van der Waals surface area contributed by atoms with E-state index >= 15 is 0 Å². The summed E-state index contributed by atoms with van der Waals surface area (Å²) >= 11 is 9.75. The molecule has 2 aromatic rings. The van der Waals surface area contributed by atoms with Crippen molar-refractivity contribution in [3.8, 4) is 5.75 Å². The summed E-state index contributed by atoms with van der Waals surface area (Å²) < 4.78 is 12.0. The maximum Gasteiger partial charge on any atom is 0.251 e. The molecule has 36 heavy (non-hydrogen) atoms. The van der Waals surface area contributed by atoms with Gasteiger partial charge in [0, 0.05) is 29.2 Å². The highest BCUT2D eigenvalue weighted by Gasteiger charge is 2.57. The van der Waals surface area contributed by atoms with Crippen LogP contribution in [0.25, 0.3) is 0 Å². The van der Waals surface area contributed by atoms with Gasteiger partial charge in [-0.25, -0.2) is 0 Å². The molecule has 4 atom stereocenters. The molecule has 0 radical (unpaired) electrons. The molecule has 1 N–H and O–H groups in total. The number of benzene rings is 2. The number of rotatable bonds is 6. The summed E-state index contributed by atoms with van der Waals surface area (Å²) in [6, 6.07) is 14.8. The number of carbonyl (C=O) groups excluding carboxylic acids is 1. The van der Waals surface area contributed by atoms with Crippen LogP contribution in [0.1, 0.15) is 61.6 Å². The molecule has 6 rings (SSSR count). The molecule has 0 aromatic heterocycles. The number of ether oxygens (including phenoxy) is 2. The number of thiocarbonyl (C=S) groups is 1. The predicted molar refractivity (Wildman–Crippen MR) is 147 cm³/mol. The topological polar surface area (TPSA) is 54.0 Å². The van der Waals surface area contributed by atoms with Crippen LogP contribution < -0.4 is 10.1 Å². The molecule has 1 aliphatic carbocycles. The minimum Gasteiger partial charge on any atom is -0.491 e. The Morgan fingerprint density at radius 1 is 1.08 bits per heavy atom. The summed E-state index contributed by atoms with van der Waals surface area (Å²) in [5.74, 6) is 1.24. The lowest BCUT2D eigenvalue weighted by molar-refractivity contribution is -0.131. The highest BCUT2D eigenvalue weighted by Crippen LogP contribution is 2.53. The van der Waals surface area contributed by atoms with Gasteiger partial charge in [-0.15, -0.1) is 0 Å². The van der Waals surface area contributed by atoms with Gasteiger partial charge in [0.2, 0.25) is 0 Å². The smallest absolute Gasteiger partial charge is 0.251 e. The van der Waals surface area contributed by atoms with Crippen molar-refractivity contribution in [3.63, 3.8) is 0 Å². The molecule has 0 bridgehead atoms. The van der Waals surface area contributed by atoms with E-state index in [2.05, 4.69) is 56.5 Å². The van der Waals surface area contributed by atoms with Crippen molar-refractivity contribution in [1.82, 2.24) is 9.80 Å². The van der Waals surface area contributed by atoms with Gasteiger partial charge in [-0.2, -0.15) is 0 Å². The second-order valence-electron chi connectivity index (χ2n) is 10.3. The lowest BCUT2D eigenvalue weighted by Crippen LogP contribution is -2.51. The fourth-order valence-corrected chi connectivity index (χ4v) is 7.50. The number of nitrogens with zero attached hydrogens (tertiary/aromatic N) is 2. The average molecular weight is 571 g/mol. The summed E-state index contributed by atoms with van der Waals surface area (Å²) in [5, 5.41) is 4.52. The molecule has 2 aromatic carbocycles. The maximum absolute atomic E-state index is 13.9. The van der Waals surface area contributed by atoms with Gasteiger partial charge in [-0.1, -0.05) is 47.3 Å². The van der Waals surface area contributed by atoms with Crippen molar-refractivity contribution in [2.24, 2.45) is 0 Å². The van der Waals surface area contributed by atoms with E-state index in [0.717, 1.165) is 40.7 Å².